The molecule has 1 amide bonds. The Morgan fingerprint density at radius 1 is 1.14 bits per heavy atom. The standard InChI is InChI=1S/C23H26N2O2S/c1-16(2)25(12-13-28-18-8-6-5-7-9-18)23(27)20-15-24(4)21-11-10-17(3)14-19(21)22(20)26/h5-11,14-16H,12-13H2,1-4H3. The van der Waals surface area contributed by atoms with Crippen LogP contribution in [0.3, 0.4) is 0 Å². The highest BCUT2D eigenvalue weighted by Crippen LogP contribution is 2.19. The van der Waals surface area contributed by atoms with Gasteiger partial charge < -0.3 is 9.47 Å². The predicted octanol–water partition coefficient (Wildman–Crippen LogP) is 4.49. The zero-order valence-corrected chi connectivity index (χ0v) is 17.6. The van der Waals surface area contributed by atoms with Crippen molar-refractivity contribution in [2.75, 3.05) is 12.3 Å². The zero-order valence-electron chi connectivity index (χ0n) is 16.8. The molecule has 0 atom stereocenters. The van der Waals surface area contributed by atoms with Crippen LogP contribution in [0.1, 0.15) is 29.8 Å². The molecule has 0 radical (unpaired) electrons. The van der Waals surface area contributed by atoms with Crippen LogP contribution in [0.15, 0.2) is 64.4 Å². The number of amides is 1. The molecule has 0 bridgehead atoms. The summed E-state index contributed by atoms with van der Waals surface area (Å²) in [4.78, 5) is 29.2. The summed E-state index contributed by atoms with van der Waals surface area (Å²) in [6.45, 7) is 6.52. The highest BCUT2D eigenvalue weighted by atomic mass is 32.2. The Morgan fingerprint density at radius 3 is 2.54 bits per heavy atom. The maximum absolute atomic E-state index is 13.2. The van der Waals surface area contributed by atoms with Gasteiger partial charge in [0, 0.05) is 41.9 Å². The van der Waals surface area contributed by atoms with Crippen molar-refractivity contribution in [1.82, 2.24) is 9.47 Å². The first-order valence-electron chi connectivity index (χ1n) is 9.47. The van der Waals surface area contributed by atoms with E-state index in [-0.39, 0.29) is 22.9 Å². The second-order valence-electron chi connectivity index (χ2n) is 7.26. The van der Waals surface area contributed by atoms with Crippen LogP contribution in [0.4, 0.5) is 0 Å². The molecule has 28 heavy (non-hydrogen) atoms. The Labute approximate surface area is 170 Å². The van der Waals surface area contributed by atoms with Gasteiger partial charge in [0.25, 0.3) is 5.91 Å². The Hall–Kier alpha value is -2.53. The third-order valence-electron chi connectivity index (χ3n) is 4.80. The van der Waals surface area contributed by atoms with E-state index >= 15 is 0 Å². The van der Waals surface area contributed by atoms with Gasteiger partial charge in [-0.15, -0.1) is 11.8 Å². The Morgan fingerprint density at radius 2 is 1.86 bits per heavy atom. The number of rotatable bonds is 6. The van der Waals surface area contributed by atoms with Gasteiger partial charge in [-0.3, -0.25) is 9.59 Å². The Balaban J connectivity index is 1.87. The fourth-order valence-corrected chi connectivity index (χ4v) is 4.16. The molecule has 0 spiro atoms. The zero-order chi connectivity index (χ0) is 20.3. The lowest BCUT2D eigenvalue weighted by Crippen LogP contribution is -2.41. The average molecular weight is 395 g/mol. The normalized spacial score (nSPS) is 11.2. The van der Waals surface area contributed by atoms with Gasteiger partial charge in [-0.1, -0.05) is 29.8 Å². The van der Waals surface area contributed by atoms with Gasteiger partial charge in [0.05, 0.1) is 5.52 Å². The van der Waals surface area contributed by atoms with Crippen LogP contribution in [0.5, 0.6) is 0 Å². The van der Waals surface area contributed by atoms with E-state index in [1.807, 2.05) is 68.8 Å². The van der Waals surface area contributed by atoms with Gasteiger partial charge in [-0.2, -0.15) is 0 Å². The average Bonchev–Trinajstić information content (AvgIpc) is 2.68. The van der Waals surface area contributed by atoms with Crippen molar-refractivity contribution in [2.24, 2.45) is 7.05 Å². The number of aryl methyl sites for hydroxylation is 2. The molecule has 0 saturated heterocycles. The largest absolute Gasteiger partial charge is 0.350 e. The van der Waals surface area contributed by atoms with Crippen molar-refractivity contribution >= 4 is 28.6 Å². The number of carbonyl (C=O) groups excluding carboxylic acids is 1. The van der Waals surface area contributed by atoms with E-state index in [4.69, 9.17) is 0 Å². The van der Waals surface area contributed by atoms with Crippen molar-refractivity contribution in [1.29, 1.82) is 0 Å². The molecule has 3 rings (SSSR count). The van der Waals surface area contributed by atoms with Crippen molar-refractivity contribution in [3.05, 3.63) is 76.1 Å². The smallest absolute Gasteiger partial charge is 0.259 e. The summed E-state index contributed by atoms with van der Waals surface area (Å²) in [6.07, 6.45) is 1.67. The van der Waals surface area contributed by atoms with Gasteiger partial charge in [0.1, 0.15) is 5.56 Å². The van der Waals surface area contributed by atoms with Gasteiger partial charge in [-0.25, -0.2) is 0 Å². The molecular formula is C23H26N2O2S. The van der Waals surface area contributed by atoms with Crippen LogP contribution in [0.2, 0.25) is 0 Å². The first-order chi connectivity index (χ1) is 13.4. The molecule has 1 aromatic heterocycles. The molecule has 4 nitrogen and oxygen atoms in total. The minimum Gasteiger partial charge on any atom is -0.350 e. The molecule has 1 heterocycles. The summed E-state index contributed by atoms with van der Waals surface area (Å²) in [7, 11) is 1.87. The SMILES string of the molecule is Cc1ccc2c(c1)c(=O)c(C(=O)N(CCSc1ccccc1)C(C)C)cn2C. The van der Waals surface area contributed by atoms with Crippen molar-refractivity contribution in [2.45, 2.75) is 31.7 Å². The molecular weight excluding hydrogens is 368 g/mol. The maximum Gasteiger partial charge on any atom is 0.259 e. The number of aromatic nitrogens is 1. The fraction of sp³-hybridized carbons (Fsp3) is 0.304. The molecule has 5 heteroatoms. The summed E-state index contributed by atoms with van der Waals surface area (Å²) in [6, 6.07) is 15.9. The number of benzene rings is 2. The van der Waals surface area contributed by atoms with E-state index in [9.17, 15) is 9.59 Å². The van der Waals surface area contributed by atoms with Crippen LogP contribution >= 0.6 is 11.8 Å². The van der Waals surface area contributed by atoms with E-state index in [0.717, 1.165) is 16.8 Å². The number of nitrogens with zero attached hydrogens (tertiary/aromatic N) is 2. The van der Waals surface area contributed by atoms with Gasteiger partial charge in [0.15, 0.2) is 0 Å². The van der Waals surface area contributed by atoms with E-state index in [2.05, 4.69) is 12.1 Å². The lowest BCUT2D eigenvalue weighted by atomic mass is 10.1. The van der Waals surface area contributed by atoms with Crippen molar-refractivity contribution in [3.63, 3.8) is 0 Å². The molecule has 0 aliphatic heterocycles. The molecule has 0 saturated carbocycles. The van der Waals surface area contributed by atoms with Crippen LogP contribution in [0, 0.1) is 6.92 Å². The van der Waals surface area contributed by atoms with Gasteiger partial charge in [0.2, 0.25) is 5.43 Å². The van der Waals surface area contributed by atoms with Crippen LogP contribution < -0.4 is 5.43 Å². The van der Waals surface area contributed by atoms with E-state index in [1.54, 1.807) is 22.9 Å². The summed E-state index contributed by atoms with van der Waals surface area (Å²) >= 11 is 1.71. The van der Waals surface area contributed by atoms with Crippen molar-refractivity contribution in [3.8, 4) is 0 Å². The highest BCUT2D eigenvalue weighted by molar-refractivity contribution is 7.99. The summed E-state index contributed by atoms with van der Waals surface area (Å²) in [5, 5.41) is 0.593. The van der Waals surface area contributed by atoms with Crippen molar-refractivity contribution < 1.29 is 4.79 Å². The molecule has 2 aromatic carbocycles. The Kier molecular flexibility index (Phi) is 6.25. The number of fused-ring (bicyclic) bond motifs is 1. The van der Waals surface area contributed by atoms with Crippen LogP contribution in [0.25, 0.3) is 10.9 Å². The first-order valence-corrected chi connectivity index (χ1v) is 10.5. The van der Waals surface area contributed by atoms with Crippen LogP contribution in [-0.2, 0) is 7.05 Å². The summed E-state index contributed by atoms with van der Waals surface area (Å²) in [5.41, 5.74) is 1.89. The van der Waals surface area contributed by atoms with Gasteiger partial charge >= 0.3 is 0 Å². The maximum atomic E-state index is 13.2. The third-order valence-corrected chi connectivity index (χ3v) is 5.79. The number of carbonyl (C=O) groups is 1. The molecule has 0 aliphatic carbocycles. The van der Waals surface area contributed by atoms with E-state index < -0.39 is 0 Å². The molecule has 0 aliphatic rings. The first kappa shape index (κ1) is 20.2. The minimum atomic E-state index is -0.201. The Bertz CT molecular complexity index is 1040. The second kappa shape index (κ2) is 8.65. The fourth-order valence-electron chi connectivity index (χ4n) is 3.29. The number of hydrogen-bond donors (Lipinski definition) is 0. The molecule has 146 valence electrons. The number of thioether (sulfide) groups is 1. The molecule has 0 N–H and O–H groups in total. The summed E-state index contributed by atoms with van der Waals surface area (Å²) < 4.78 is 1.86. The number of pyridine rings is 1. The number of hydrogen-bond acceptors (Lipinski definition) is 3. The van der Waals surface area contributed by atoms with E-state index in [1.165, 1.54) is 4.90 Å². The highest BCUT2D eigenvalue weighted by Gasteiger charge is 2.22. The molecule has 0 unspecified atom stereocenters. The lowest BCUT2D eigenvalue weighted by Gasteiger charge is -2.27. The minimum absolute atomic E-state index is 0.0155. The van der Waals surface area contributed by atoms with Crippen LogP contribution in [-0.4, -0.2) is 33.7 Å². The van der Waals surface area contributed by atoms with E-state index in [0.29, 0.717) is 11.9 Å². The summed E-state index contributed by atoms with van der Waals surface area (Å²) in [5.74, 6) is 0.577. The molecule has 3 aromatic rings. The third kappa shape index (κ3) is 4.30. The molecule has 0 fully saturated rings. The lowest BCUT2D eigenvalue weighted by molar-refractivity contribution is 0.0717. The quantitative estimate of drug-likeness (QED) is 0.579. The topological polar surface area (TPSA) is 42.3 Å². The monoisotopic (exact) mass is 394 g/mol. The predicted molar refractivity (Wildman–Crippen MR) is 117 cm³/mol. The van der Waals surface area contributed by atoms with Gasteiger partial charge in [-0.05, 0) is 45.0 Å². The second-order valence-corrected chi connectivity index (χ2v) is 8.43.